The highest BCUT2D eigenvalue weighted by Crippen LogP contribution is 2.34. The van der Waals surface area contributed by atoms with Crippen LogP contribution in [0.1, 0.15) is 0 Å². The van der Waals surface area contributed by atoms with Gasteiger partial charge in [-0.05, 0) is 12.1 Å². The fourth-order valence-electron chi connectivity index (χ4n) is 2.33. The Morgan fingerprint density at radius 3 is 3.00 bits per heavy atom. The number of nitrogens with one attached hydrogen (secondary N) is 1. The number of thiazole rings is 2. The molecule has 2 aromatic heterocycles. The van der Waals surface area contributed by atoms with Crippen molar-refractivity contribution in [3.63, 3.8) is 0 Å². The number of rotatable bonds is 3. The van der Waals surface area contributed by atoms with E-state index in [1.54, 1.807) is 12.3 Å². The van der Waals surface area contributed by atoms with Crippen molar-refractivity contribution in [2.24, 2.45) is 5.92 Å². The molecule has 1 amide bonds. The predicted molar refractivity (Wildman–Crippen MR) is 86.0 cm³/mol. The van der Waals surface area contributed by atoms with Gasteiger partial charge in [-0.1, -0.05) is 17.4 Å². The van der Waals surface area contributed by atoms with Gasteiger partial charge in [0.25, 0.3) is 0 Å². The Hall–Kier alpha value is -2.06. The minimum atomic E-state index is -0.307. The van der Waals surface area contributed by atoms with Gasteiger partial charge in [-0.2, -0.15) is 0 Å². The molecule has 1 N–H and O–H groups in total. The van der Waals surface area contributed by atoms with Crippen LogP contribution >= 0.6 is 22.7 Å². The van der Waals surface area contributed by atoms with Gasteiger partial charge >= 0.3 is 0 Å². The average Bonchev–Trinajstić information content (AvgIpc) is 3.07. The van der Waals surface area contributed by atoms with Crippen LogP contribution in [0, 0.1) is 11.7 Å². The van der Waals surface area contributed by atoms with Crippen molar-refractivity contribution in [1.29, 1.82) is 0 Å². The summed E-state index contributed by atoms with van der Waals surface area (Å²) in [4.78, 5) is 22.4. The van der Waals surface area contributed by atoms with Gasteiger partial charge in [-0.25, -0.2) is 14.4 Å². The van der Waals surface area contributed by atoms with Crippen molar-refractivity contribution < 1.29 is 9.18 Å². The van der Waals surface area contributed by atoms with Gasteiger partial charge in [-0.15, -0.1) is 11.3 Å². The number of para-hydroxylation sites is 1. The zero-order valence-electron chi connectivity index (χ0n) is 11.3. The molecule has 0 bridgehead atoms. The molecular formula is C14H11FN4OS2. The monoisotopic (exact) mass is 334 g/mol. The number of hydrogen-bond acceptors (Lipinski definition) is 6. The Morgan fingerprint density at radius 2 is 2.27 bits per heavy atom. The molecule has 0 saturated carbocycles. The van der Waals surface area contributed by atoms with Crippen molar-refractivity contribution in [3.05, 3.63) is 35.6 Å². The molecule has 4 rings (SSSR count). The van der Waals surface area contributed by atoms with Crippen LogP contribution < -0.4 is 10.2 Å². The zero-order valence-corrected chi connectivity index (χ0v) is 13.0. The summed E-state index contributed by atoms with van der Waals surface area (Å²) in [5.41, 5.74) is 0.401. The fraction of sp³-hybridized carbons (Fsp3) is 0.214. The predicted octanol–water partition coefficient (Wildman–Crippen LogP) is 2.97. The number of carbonyl (C=O) groups is 1. The zero-order chi connectivity index (χ0) is 15.1. The maximum Gasteiger partial charge on any atom is 0.232 e. The van der Waals surface area contributed by atoms with Gasteiger partial charge in [-0.3, -0.25) is 4.79 Å². The molecule has 1 aromatic carbocycles. The second-order valence-corrected chi connectivity index (χ2v) is 6.92. The molecule has 0 spiro atoms. The maximum atomic E-state index is 13.7. The lowest BCUT2D eigenvalue weighted by Crippen LogP contribution is -2.52. The summed E-state index contributed by atoms with van der Waals surface area (Å²) in [5, 5.41) is 5.99. The molecule has 1 aliphatic heterocycles. The van der Waals surface area contributed by atoms with Crippen LogP contribution in [0.2, 0.25) is 0 Å². The largest absolute Gasteiger partial charge is 0.346 e. The normalized spacial score (nSPS) is 15.0. The number of nitrogens with zero attached hydrogens (tertiary/aromatic N) is 3. The van der Waals surface area contributed by atoms with Crippen molar-refractivity contribution in [2.75, 3.05) is 23.3 Å². The number of anilines is 2. The Kier molecular flexibility index (Phi) is 3.27. The number of hydrogen-bond donors (Lipinski definition) is 1. The summed E-state index contributed by atoms with van der Waals surface area (Å²) in [5.74, 6) is -0.419. The van der Waals surface area contributed by atoms with Crippen LogP contribution in [0.4, 0.5) is 14.7 Å². The molecule has 1 fully saturated rings. The second kappa shape index (κ2) is 5.29. The molecule has 3 heterocycles. The number of fused-ring (bicyclic) bond motifs is 1. The number of benzene rings is 1. The third kappa shape index (κ3) is 2.34. The maximum absolute atomic E-state index is 13.7. The molecule has 1 aliphatic rings. The molecule has 5 nitrogen and oxygen atoms in total. The van der Waals surface area contributed by atoms with Crippen LogP contribution in [0.5, 0.6) is 0 Å². The van der Waals surface area contributed by atoms with Crippen LogP contribution in [-0.4, -0.2) is 29.0 Å². The molecule has 0 radical (unpaired) electrons. The first-order valence-electron chi connectivity index (χ1n) is 6.71. The minimum absolute atomic E-state index is 0.0292. The SMILES string of the molecule is O=C(Nc1nccs1)C1CN(c2nc3c(F)cccc3s2)C1. The Labute approximate surface area is 133 Å². The molecule has 0 atom stereocenters. The third-order valence-corrected chi connectivity index (χ3v) is 5.31. The van der Waals surface area contributed by atoms with Crippen LogP contribution in [0.15, 0.2) is 29.8 Å². The van der Waals surface area contributed by atoms with Gasteiger partial charge in [0.1, 0.15) is 11.3 Å². The summed E-state index contributed by atoms with van der Waals surface area (Å²) >= 11 is 2.84. The standard InChI is InChI=1S/C14H11FN4OS2/c15-9-2-1-3-10-11(9)17-14(22-10)19-6-8(7-19)12(20)18-13-16-4-5-21-13/h1-5,8H,6-7H2,(H,16,18,20). The molecule has 8 heteroatoms. The first-order valence-corrected chi connectivity index (χ1v) is 8.40. The van der Waals surface area contributed by atoms with Gasteiger partial charge in [0.15, 0.2) is 10.3 Å². The van der Waals surface area contributed by atoms with E-state index in [9.17, 15) is 9.18 Å². The van der Waals surface area contributed by atoms with E-state index in [-0.39, 0.29) is 17.6 Å². The van der Waals surface area contributed by atoms with E-state index < -0.39 is 0 Å². The van der Waals surface area contributed by atoms with Crippen LogP contribution in [0.25, 0.3) is 10.2 Å². The quantitative estimate of drug-likeness (QED) is 0.800. The summed E-state index contributed by atoms with van der Waals surface area (Å²) in [6.07, 6.45) is 1.66. The van der Waals surface area contributed by atoms with E-state index in [0.29, 0.717) is 23.7 Å². The van der Waals surface area contributed by atoms with Crippen molar-refractivity contribution in [2.45, 2.75) is 0 Å². The summed E-state index contributed by atoms with van der Waals surface area (Å²) in [6, 6.07) is 4.94. The van der Waals surface area contributed by atoms with Gasteiger partial charge < -0.3 is 10.2 Å². The first-order chi connectivity index (χ1) is 10.7. The lowest BCUT2D eigenvalue weighted by atomic mass is 10.0. The van der Waals surface area contributed by atoms with Crippen molar-refractivity contribution >= 4 is 49.1 Å². The van der Waals surface area contributed by atoms with E-state index in [1.807, 2.05) is 16.3 Å². The Balaban J connectivity index is 1.43. The molecule has 1 saturated heterocycles. The molecule has 0 unspecified atom stereocenters. The van der Waals surface area contributed by atoms with Gasteiger partial charge in [0.2, 0.25) is 5.91 Å². The number of aromatic nitrogens is 2. The third-order valence-electron chi connectivity index (χ3n) is 3.54. The molecular weight excluding hydrogens is 323 g/mol. The molecule has 0 aliphatic carbocycles. The summed E-state index contributed by atoms with van der Waals surface area (Å²) < 4.78 is 14.5. The van der Waals surface area contributed by atoms with Gasteiger partial charge in [0.05, 0.1) is 10.6 Å². The Morgan fingerprint density at radius 1 is 1.41 bits per heavy atom. The van der Waals surface area contributed by atoms with Crippen LogP contribution in [-0.2, 0) is 4.79 Å². The van der Waals surface area contributed by atoms with Crippen molar-refractivity contribution in [1.82, 2.24) is 9.97 Å². The Bertz CT molecular complexity index is 827. The number of halogens is 1. The summed E-state index contributed by atoms with van der Waals surface area (Å²) in [6.45, 7) is 1.19. The van der Waals surface area contributed by atoms with E-state index in [2.05, 4.69) is 15.3 Å². The highest BCUT2D eigenvalue weighted by Gasteiger charge is 2.34. The second-order valence-electron chi connectivity index (χ2n) is 5.01. The van der Waals surface area contributed by atoms with E-state index in [0.717, 1.165) is 9.83 Å². The number of carbonyl (C=O) groups excluding carboxylic acids is 1. The van der Waals surface area contributed by atoms with Crippen LogP contribution in [0.3, 0.4) is 0 Å². The van der Waals surface area contributed by atoms with Crippen molar-refractivity contribution in [3.8, 4) is 0 Å². The highest BCUT2D eigenvalue weighted by atomic mass is 32.1. The van der Waals surface area contributed by atoms with Gasteiger partial charge in [0, 0.05) is 24.7 Å². The lowest BCUT2D eigenvalue weighted by Gasteiger charge is -2.37. The fourth-order valence-corrected chi connectivity index (χ4v) is 3.86. The minimum Gasteiger partial charge on any atom is -0.346 e. The van der Waals surface area contributed by atoms with E-state index in [4.69, 9.17) is 0 Å². The first kappa shape index (κ1) is 13.6. The lowest BCUT2D eigenvalue weighted by molar-refractivity contribution is -0.120. The molecule has 112 valence electrons. The van der Waals surface area contributed by atoms with E-state index >= 15 is 0 Å². The topological polar surface area (TPSA) is 58.1 Å². The average molecular weight is 334 g/mol. The molecule has 22 heavy (non-hydrogen) atoms. The highest BCUT2D eigenvalue weighted by molar-refractivity contribution is 7.22. The van der Waals surface area contributed by atoms with E-state index in [1.165, 1.54) is 28.7 Å². The smallest absolute Gasteiger partial charge is 0.232 e. The number of amides is 1. The summed E-state index contributed by atoms with van der Waals surface area (Å²) in [7, 11) is 0. The molecule has 3 aromatic rings.